The zero-order valence-electron chi connectivity index (χ0n) is 11.4. The third kappa shape index (κ3) is 2.41. The van der Waals surface area contributed by atoms with Crippen LogP contribution in [0.4, 0.5) is 11.8 Å². The van der Waals surface area contributed by atoms with Crippen LogP contribution in [0.1, 0.15) is 38.5 Å². The van der Waals surface area contributed by atoms with Crippen molar-refractivity contribution in [3.8, 4) is 0 Å². The van der Waals surface area contributed by atoms with Crippen molar-refractivity contribution in [3.05, 3.63) is 10.9 Å². The molecule has 98 valence electrons. The second kappa shape index (κ2) is 4.72. The standard InChI is InChI=1S/C13H20N4S/c1-5-13(4,6-2)17-10-9-7-8(3)18-11(9)16-12(14)15-10/h7H,5-6H2,1-4H3,(H3,14,15,16,17). The fraction of sp³-hybridized carbons (Fsp3) is 0.538. The van der Waals surface area contributed by atoms with Gasteiger partial charge in [0.1, 0.15) is 10.6 Å². The van der Waals surface area contributed by atoms with Gasteiger partial charge in [-0.05, 0) is 32.8 Å². The fourth-order valence-corrected chi connectivity index (χ4v) is 2.75. The lowest BCUT2D eigenvalue weighted by atomic mass is 9.95. The maximum atomic E-state index is 5.78. The zero-order valence-corrected chi connectivity index (χ0v) is 12.2. The van der Waals surface area contributed by atoms with Crippen LogP contribution in [-0.4, -0.2) is 15.5 Å². The third-order valence-corrected chi connectivity index (χ3v) is 4.46. The lowest BCUT2D eigenvalue weighted by Crippen LogP contribution is -2.33. The van der Waals surface area contributed by atoms with Crippen molar-refractivity contribution >= 4 is 33.3 Å². The van der Waals surface area contributed by atoms with Crippen LogP contribution in [0.2, 0.25) is 0 Å². The minimum atomic E-state index is 0.0452. The van der Waals surface area contributed by atoms with Gasteiger partial charge in [-0.25, -0.2) is 4.98 Å². The highest BCUT2D eigenvalue weighted by molar-refractivity contribution is 7.18. The van der Waals surface area contributed by atoms with Crippen molar-refractivity contribution in [1.29, 1.82) is 0 Å². The highest BCUT2D eigenvalue weighted by Gasteiger charge is 2.21. The SMILES string of the molecule is CCC(C)(CC)Nc1nc(N)nc2sc(C)cc12. The average molecular weight is 264 g/mol. The summed E-state index contributed by atoms with van der Waals surface area (Å²) in [5.74, 6) is 1.19. The van der Waals surface area contributed by atoms with Crippen molar-refractivity contribution in [1.82, 2.24) is 9.97 Å². The average Bonchev–Trinajstić information content (AvgIpc) is 2.69. The van der Waals surface area contributed by atoms with Crippen LogP contribution in [0.25, 0.3) is 10.2 Å². The number of thiophene rings is 1. The first-order valence-corrected chi connectivity index (χ1v) is 7.11. The molecule has 0 amide bonds. The van der Waals surface area contributed by atoms with Crippen LogP contribution in [0.3, 0.4) is 0 Å². The molecule has 18 heavy (non-hydrogen) atoms. The molecule has 0 aliphatic carbocycles. The van der Waals surface area contributed by atoms with Gasteiger partial charge in [-0.3, -0.25) is 0 Å². The molecule has 3 N–H and O–H groups in total. The van der Waals surface area contributed by atoms with E-state index in [1.165, 1.54) is 4.88 Å². The largest absolute Gasteiger partial charge is 0.368 e. The Labute approximate surface area is 112 Å². The van der Waals surface area contributed by atoms with E-state index in [0.29, 0.717) is 5.95 Å². The van der Waals surface area contributed by atoms with Crippen LogP contribution in [0.5, 0.6) is 0 Å². The van der Waals surface area contributed by atoms with Gasteiger partial charge < -0.3 is 11.1 Å². The summed E-state index contributed by atoms with van der Waals surface area (Å²) < 4.78 is 0. The summed E-state index contributed by atoms with van der Waals surface area (Å²) in [5, 5.41) is 4.60. The quantitative estimate of drug-likeness (QED) is 0.886. The molecule has 2 aromatic rings. The third-order valence-electron chi connectivity index (χ3n) is 3.51. The van der Waals surface area contributed by atoms with Gasteiger partial charge in [0.15, 0.2) is 0 Å². The van der Waals surface area contributed by atoms with E-state index in [9.17, 15) is 0 Å². The van der Waals surface area contributed by atoms with E-state index in [1.807, 2.05) is 0 Å². The summed E-state index contributed by atoms with van der Waals surface area (Å²) in [5.41, 5.74) is 5.83. The number of nitrogen functional groups attached to an aromatic ring is 1. The molecule has 0 spiro atoms. The Kier molecular flexibility index (Phi) is 3.43. The van der Waals surface area contributed by atoms with Crippen LogP contribution in [0.15, 0.2) is 6.07 Å². The Morgan fingerprint density at radius 2 is 2.00 bits per heavy atom. The number of nitrogens with zero attached hydrogens (tertiary/aromatic N) is 2. The van der Waals surface area contributed by atoms with E-state index >= 15 is 0 Å². The van der Waals surface area contributed by atoms with E-state index in [4.69, 9.17) is 5.73 Å². The topological polar surface area (TPSA) is 63.8 Å². The monoisotopic (exact) mass is 264 g/mol. The van der Waals surface area contributed by atoms with E-state index in [0.717, 1.165) is 28.9 Å². The maximum Gasteiger partial charge on any atom is 0.223 e. The molecule has 0 atom stereocenters. The number of hydrogen-bond acceptors (Lipinski definition) is 5. The van der Waals surface area contributed by atoms with Gasteiger partial charge in [-0.2, -0.15) is 4.98 Å². The Bertz CT molecular complexity index is 557. The molecule has 0 radical (unpaired) electrons. The van der Waals surface area contributed by atoms with Crippen molar-refractivity contribution in [2.75, 3.05) is 11.1 Å². The predicted octanol–water partition coefficient (Wildman–Crippen LogP) is 3.57. The molecule has 0 saturated heterocycles. The zero-order chi connectivity index (χ0) is 13.3. The van der Waals surface area contributed by atoms with Crippen molar-refractivity contribution in [3.63, 3.8) is 0 Å². The van der Waals surface area contributed by atoms with Crippen LogP contribution < -0.4 is 11.1 Å². The molecule has 5 heteroatoms. The smallest absolute Gasteiger partial charge is 0.223 e. The number of anilines is 2. The Hall–Kier alpha value is -1.36. The van der Waals surface area contributed by atoms with E-state index in [2.05, 4.69) is 49.0 Å². The molecule has 2 rings (SSSR count). The van der Waals surface area contributed by atoms with Crippen LogP contribution in [0, 0.1) is 6.92 Å². The first-order chi connectivity index (χ1) is 8.47. The molecule has 0 bridgehead atoms. The Balaban J connectivity index is 2.49. The van der Waals surface area contributed by atoms with Gasteiger partial charge in [0.25, 0.3) is 0 Å². The number of nitrogens with one attached hydrogen (secondary N) is 1. The number of hydrogen-bond donors (Lipinski definition) is 2. The molecule has 2 heterocycles. The summed E-state index contributed by atoms with van der Waals surface area (Å²) in [7, 11) is 0. The molecule has 0 aromatic carbocycles. The van der Waals surface area contributed by atoms with E-state index in [-0.39, 0.29) is 5.54 Å². The van der Waals surface area contributed by atoms with Gasteiger partial charge in [0.05, 0.1) is 5.39 Å². The maximum absolute atomic E-state index is 5.78. The van der Waals surface area contributed by atoms with Crippen molar-refractivity contribution < 1.29 is 0 Å². The summed E-state index contributed by atoms with van der Waals surface area (Å²) in [4.78, 5) is 10.8. The molecule has 0 fully saturated rings. The number of rotatable bonds is 4. The van der Waals surface area contributed by atoms with Gasteiger partial charge in [-0.15, -0.1) is 11.3 Å². The highest BCUT2D eigenvalue weighted by Crippen LogP contribution is 2.31. The fourth-order valence-electron chi connectivity index (χ4n) is 1.87. The molecule has 4 nitrogen and oxygen atoms in total. The van der Waals surface area contributed by atoms with Crippen LogP contribution >= 0.6 is 11.3 Å². The molecular weight excluding hydrogens is 244 g/mol. The van der Waals surface area contributed by atoms with E-state index < -0.39 is 0 Å². The lowest BCUT2D eigenvalue weighted by molar-refractivity contribution is 0.477. The Morgan fingerprint density at radius 1 is 1.33 bits per heavy atom. The van der Waals surface area contributed by atoms with E-state index in [1.54, 1.807) is 11.3 Å². The molecule has 0 saturated carbocycles. The summed E-state index contributed by atoms with van der Waals surface area (Å²) >= 11 is 1.65. The molecule has 0 unspecified atom stereocenters. The normalized spacial score (nSPS) is 12.0. The molecule has 0 aliphatic heterocycles. The van der Waals surface area contributed by atoms with Crippen molar-refractivity contribution in [2.45, 2.75) is 46.1 Å². The molecule has 0 aliphatic rings. The minimum absolute atomic E-state index is 0.0452. The predicted molar refractivity (Wildman–Crippen MR) is 79.2 cm³/mol. The number of aromatic nitrogens is 2. The summed E-state index contributed by atoms with van der Waals surface area (Å²) in [6, 6.07) is 2.12. The first kappa shape index (κ1) is 13.1. The van der Waals surface area contributed by atoms with Crippen LogP contribution in [-0.2, 0) is 0 Å². The molecular formula is C13H20N4S. The lowest BCUT2D eigenvalue weighted by Gasteiger charge is -2.29. The minimum Gasteiger partial charge on any atom is -0.368 e. The highest BCUT2D eigenvalue weighted by atomic mass is 32.1. The van der Waals surface area contributed by atoms with Crippen molar-refractivity contribution in [2.24, 2.45) is 0 Å². The Morgan fingerprint density at radius 3 is 2.61 bits per heavy atom. The number of fused-ring (bicyclic) bond motifs is 1. The van der Waals surface area contributed by atoms with Gasteiger partial charge in [0, 0.05) is 10.4 Å². The van der Waals surface area contributed by atoms with Gasteiger partial charge >= 0.3 is 0 Å². The second-order valence-electron chi connectivity index (χ2n) is 4.90. The molecule has 2 aromatic heterocycles. The number of nitrogens with two attached hydrogens (primary N) is 1. The number of aryl methyl sites for hydroxylation is 1. The van der Waals surface area contributed by atoms with Gasteiger partial charge in [-0.1, -0.05) is 13.8 Å². The second-order valence-corrected chi connectivity index (χ2v) is 6.13. The summed E-state index contributed by atoms with van der Waals surface area (Å²) in [6.07, 6.45) is 2.08. The summed E-state index contributed by atoms with van der Waals surface area (Å²) in [6.45, 7) is 8.63. The first-order valence-electron chi connectivity index (χ1n) is 6.29. The van der Waals surface area contributed by atoms with Gasteiger partial charge in [0.2, 0.25) is 5.95 Å².